The molecule has 1 aromatic carbocycles. The highest BCUT2D eigenvalue weighted by Crippen LogP contribution is 2.65. The number of hydrogen-bond acceptors (Lipinski definition) is 5. The van der Waals surface area contributed by atoms with Crippen molar-refractivity contribution < 1.29 is 23.9 Å². The van der Waals surface area contributed by atoms with E-state index in [0.29, 0.717) is 29.7 Å². The number of carbonyl (C=O) groups is 4. The molecule has 1 aromatic rings. The number of nitrogens with one attached hydrogen (secondary N) is 1. The van der Waals surface area contributed by atoms with E-state index in [1.807, 2.05) is 13.8 Å². The highest BCUT2D eigenvalue weighted by Gasteiger charge is 2.66. The summed E-state index contributed by atoms with van der Waals surface area (Å²) in [5, 5.41) is 2.77. The standard InChI is InChI=1S/C25H28N2O5/c1-13(2)12-32-25(31)14-3-5-15(6-4-14)26-20(28)9-10-27-23(29)21-16-7-8-17(19-11-18(16)19)22(21)24(27)30/h3-8,13,16-19,21-22H,9-12H2,1-2H3,(H,26,28)/t16-,17-,18-,19-,21+,22+/m0/s1. The predicted molar refractivity (Wildman–Crippen MR) is 116 cm³/mol. The Kier molecular flexibility index (Phi) is 5.14. The molecule has 4 aliphatic carbocycles. The number of esters is 1. The molecule has 1 saturated heterocycles. The topological polar surface area (TPSA) is 92.8 Å². The highest BCUT2D eigenvalue weighted by molar-refractivity contribution is 6.06. The molecule has 168 valence electrons. The minimum atomic E-state index is -0.398. The molecule has 1 N–H and O–H groups in total. The van der Waals surface area contributed by atoms with Crippen LogP contribution in [0.3, 0.4) is 0 Å². The van der Waals surface area contributed by atoms with Crippen molar-refractivity contribution >= 4 is 29.4 Å². The Balaban J connectivity index is 1.14. The van der Waals surface area contributed by atoms with E-state index in [1.165, 1.54) is 4.90 Å². The summed E-state index contributed by atoms with van der Waals surface area (Å²) in [6.45, 7) is 4.39. The summed E-state index contributed by atoms with van der Waals surface area (Å²) in [6.07, 6.45) is 5.46. The number of nitrogens with zero attached hydrogens (tertiary/aromatic N) is 1. The molecule has 2 bridgehead atoms. The lowest BCUT2D eigenvalue weighted by Gasteiger charge is -2.37. The summed E-state index contributed by atoms with van der Waals surface area (Å²) >= 11 is 0. The third kappa shape index (κ3) is 3.53. The molecule has 0 aromatic heterocycles. The van der Waals surface area contributed by atoms with Crippen LogP contribution >= 0.6 is 0 Å². The van der Waals surface area contributed by atoms with Gasteiger partial charge in [0.05, 0.1) is 24.0 Å². The quantitative estimate of drug-likeness (QED) is 0.403. The summed E-state index contributed by atoms with van der Waals surface area (Å²) < 4.78 is 5.19. The van der Waals surface area contributed by atoms with Crippen molar-refractivity contribution in [2.24, 2.45) is 41.4 Å². The van der Waals surface area contributed by atoms with Gasteiger partial charge in [-0.25, -0.2) is 4.79 Å². The van der Waals surface area contributed by atoms with Crippen LogP contribution in [-0.4, -0.2) is 41.7 Å². The zero-order valence-electron chi connectivity index (χ0n) is 18.3. The van der Waals surface area contributed by atoms with E-state index in [2.05, 4.69) is 17.5 Å². The van der Waals surface area contributed by atoms with Crippen molar-refractivity contribution in [1.82, 2.24) is 4.90 Å². The SMILES string of the molecule is CC(C)COC(=O)c1ccc(NC(=O)CCN2C(=O)[C@@H]3[C@H]4C=C[C@@H]([C@@H]5C[C@@H]45)[C@H]3C2=O)cc1. The molecule has 6 atom stereocenters. The molecule has 32 heavy (non-hydrogen) atoms. The zero-order chi connectivity index (χ0) is 22.6. The molecule has 7 nitrogen and oxygen atoms in total. The van der Waals surface area contributed by atoms with E-state index < -0.39 is 5.97 Å². The fourth-order valence-corrected chi connectivity index (χ4v) is 5.69. The Bertz CT molecular complexity index is 962. The molecule has 0 unspecified atom stereocenters. The maximum atomic E-state index is 13.0. The number of benzene rings is 1. The maximum Gasteiger partial charge on any atom is 0.338 e. The maximum absolute atomic E-state index is 13.0. The average molecular weight is 437 g/mol. The lowest BCUT2D eigenvalue weighted by atomic mass is 9.63. The molecule has 3 amide bonds. The van der Waals surface area contributed by atoms with Crippen LogP contribution < -0.4 is 5.32 Å². The van der Waals surface area contributed by atoms with Crippen molar-refractivity contribution in [3.63, 3.8) is 0 Å². The molecule has 6 rings (SSSR count). The van der Waals surface area contributed by atoms with Crippen LogP contribution in [0.25, 0.3) is 0 Å². The highest BCUT2D eigenvalue weighted by atomic mass is 16.5. The van der Waals surface area contributed by atoms with Gasteiger partial charge in [-0.2, -0.15) is 0 Å². The van der Waals surface area contributed by atoms with E-state index in [1.54, 1.807) is 24.3 Å². The molecule has 5 aliphatic rings. The number of likely N-dealkylation sites (tertiary alicyclic amines) is 1. The van der Waals surface area contributed by atoms with Crippen LogP contribution in [0.1, 0.15) is 37.0 Å². The monoisotopic (exact) mass is 436 g/mol. The van der Waals surface area contributed by atoms with Crippen molar-refractivity contribution in [3.05, 3.63) is 42.0 Å². The van der Waals surface area contributed by atoms with Crippen molar-refractivity contribution in [3.8, 4) is 0 Å². The zero-order valence-corrected chi connectivity index (χ0v) is 18.3. The third-order valence-electron chi connectivity index (χ3n) is 7.27. The number of allylic oxidation sites excluding steroid dienone is 2. The van der Waals surface area contributed by atoms with E-state index >= 15 is 0 Å². The number of amides is 3. The van der Waals surface area contributed by atoms with Crippen molar-refractivity contribution in [1.29, 1.82) is 0 Å². The van der Waals surface area contributed by atoms with Crippen LogP contribution in [0.2, 0.25) is 0 Å². The van der Waals surface area contributed by atoms with Gasteiger partial charge in [-0.1, -0.05) is 26.0 Å². The molecule has 0 spiro atoms. The third-order valence-corrected chi connectivity index (χ3v) is 7.27. The van der Waals surface area contributed by atoms with E-state index in [4.69, 9.17) is 4.74 Å². The van der Waals surface area contributed by atoms with E-state index in [9.17, 15) is 19.2 Å². The first-order valence-electron chi connectivity index (χ1n) is 11.5. The second-order valence-corrected chi connectivity index (χ2v) is 9.85. The Morgan fingerprint density at radius 1 is 1.03 bits per heavy atom. The van der Waals surface area contributed by atoms with E-state index in [0.717, 1.165) is 6.42 Å². The Morgan fingerprint density at radius 2 is 1.62 bits per heavy atom. The Hall–Kier alpha value is -2.96. The van der Waals surface area contributed by atoms with Crippen molar-refractivity contribution in [2.75, 3.05) is 18.5 Å². The van der Waals surface area contributed by atoms with Gasteiger partial charge >= 0.3 is 5.97 Å². The number of anilines is 1. The van der Waals surface area contributed by atoms with Crippen molar-refractivity contribution in [2.45, 2.75) is 26.7 Å². The first-order valence-corrected chi connectivity index (χ1v) is 11.5. The van der Waals surface area contributed by atoms with Crippen LogP contribution in [-0.2, 0) is 19.1 Å². The molecule has 0 radical (unpaired) electrons. The van der Waals surface area contributed by atoms with Gasteiger partial charge in [0.2, 0.25) is 17.7 Å². The van der Waals surface area contributed by atoms with Gasteiger partial charge in [0.15, 0.2) is 0 Å². The number of rotatable bonds is 7. The number of imide groups is 1. The summed E-state index contributed by atoms with van der Waals surface area (Å²) in [6, 6.07) is 6.48. The normalized spacial score (nSPS) is 31.5. The lowest BCUT2D eigenvalue weighted by Crippen LogP contribution is -2.40. The molecular weight excluding hydrogens is 408 g/mol. The van der Waals surface area contributed by atoms with Gasteiger partial charge in [-0.05, 0) is 60.3 Å². The Labute approximate surface area is 187 Å². The van der Waals surface area contributed by atoms with Gasteiger partial charge in [0.1, 0.15) is 0 Å². The molecule has 3 fully saturated rings. The summed E-state index contributed by atoms with van der Waals surface area (Å²) in [5.41, 5.74) is 0.964. The minimum absolute atomic E-state index is 0.0463. The molecule has 2 saturated carbocycles. The fraction of sp³-hybridized carbons (Fsp3) is 0.520. The van der Waals surface area contributed by atoms with Gasteiger partial charge in [0, 0.05) is 18.7 Å². The average Bonchev–Trinajstić information content (AvgIpc) is 3.56. The molecule has 7 heteroatoms. The minimum Gasteiger partial charge on any atom is -0.462 e. The second-order valence-electron chi connectivity index (χ2n) is 9.85. The lowest BCUT2D eigenvalue weighted by molar-refractivity contribution is -0.140. The van der Waals surface area contributed by atoms with Crippen LogP contribution in [0, 0.1) is 41.4 Å². The van der Waals surface area contributed by atoms with Crippen LogP contribution in [0.5, 0.6) is 0 Å². The summed E-state index contributed by atoms with van der Waals surface area (Å²) in [5.74, 6) is 0.418. The number of hydrogen-bond donors (Lipinski definition) is 1. The largest absolute Gasteiger partial charge is 0.462 e. The van der Waals surface area contributed by atoms with Crippen LogP contribution in [0.4, 0.5) is 5.69 Å². The van der Waals surface area contributed by atoms with Gasteiger partial charge in [0.25, 0.3) is 0 Å². The first-order chi connectivity index (χ1) is 15.3. The molecule has 1 aliphatic heterocycles. The number of ether oxygens (including phenoxy) is 1. The smallest absolute Gasteiger partial charge is 0.338 e. The van der Waals surface area contributed by atoms with Gasteiger partial charge in [-0.15, -0.1) is 0 Å². The van der Waals surface area contributed by atoms with Gasteiger partial charge < -0.3 is 10.1 Å². The van der Waals surface area contributed by atoms with Gasteiger partial charge in [-0.3, -0.25) is 19.3 Å². The fourth-order valence-electron chi connectivity index (χ4n) is 5.69. The van der Waals surface area contributed by atoms with E-state index in [-0.39, 0.29) is 60.3 Å². The van der Waals surface area contributed by atoms with Crippen LogP contribution in [0.15, 0.2) is 36.4 Å². The second kappa shape index (κ2) is 7.87. The summed E-state index contributed by atoms with van der Waals surface area (Å²) in [7, 11) is 0. The first kappa shape index (κ1) is 20.9. The number of carbonyl (C=O) groups excluding carboxylic acids is 4. The Morgan fingerprint density at radius 3 is 2.19 bits per heavy atom. The predicted octanol–water partition coefficient (Wildman–Crippen LogP) is 2.88. The summed E-state index contributed by atoms with van der Waals surface area (Å²) in [4.78, 5) is 51.7. The molecule has 1 heterocycles. The molecular formula is C25H28N2O5.